The van der Waals surface area contributed by atoms with Crippen molar-refractivity contribution < 1.29 is 0 Å². The third-order valence-electron chi connectivity index (χ3n) is 3.38. The molecule has 0 amide bonds. The van der Waals surface area contributed by atoms with Crippen LogP contribution in [0.15, 0.2) is 46.5 Å². The Morgan fingerprint density at radius 3 is 2.67 bits per heavy atom. The van der Waals surface area contributed by atoms with Gasteiger partial charge in [-0.25, -0.2) is 0 Å². The van der Waals surface area contributed by atoms with Crippen LogP contribution < -0.4 is 5.32 Å². The summed E-state index contributed by atoms with van der Waals surface area (Å²) in [4.78, 5) is 10.1. The summed E-state index contributed by atoms with van der Waals surface area (Å²) in [5.74, 6) is 0. The lowest BCUT2D eigenvalue weighted by atomic mass is 10.0. The molecule has 3 aromatic rings. The van der Waals surface area contributed by atoms with E-state index in [1.165, 1.54) is 14.2 Å². The molecule has 1 aromatic carbocycles. The third-order valence-corrected chi connectivity index (χ3v) is 5.03. The number of nitrogens with one attached hydrogen (secondary N) is 1. The fourth-order valence-corrected chi connectivity index (χ4v) is 3.94. The minimum atomic E-state index is 0.298. The number of rotatable bonds is 5. The average Bonchev–Trinajstić information content (AvgIpc) is 2.91. The Hall–Kier alpha value is -1.30. The highest BCUT2D eigenvalue weighted by Gasteiger charge is 2.13. The molecule has 0 aliphatic heterocycles. The Labute approximate surface area is 136 Å². The number of halogens is 1. The fourth-order valence-electron chi connectivity index (χ4n) is 2.41. The number of likely N-dealkylation sites (N-methyl/N-ethyl adjacent to an activating group) is 1. The van der Waals surface area contributed by atoms with Crippen molar-refractivity contribution in [3.05, 3.63) is 57.0 Å². The van der Waals surface area contributed by atoms with Crippen molar-refractivity contribution in [1.29, 1.82) is 0 Å². The van der Waals surface area contributed by atoms with E-state index in [2.05, 4.69) is 62.4 Å². The van der Waals surface area contributed by atoms with Gasteiger partial charge in [-0.1, -0.05) is 13.0 Å². The molecular formula is C16H16BrN3S. The van der Waals surface area contributed by atoms with Gasteiger partial charge in [0.05, 0.1) is 14.8 Å². The summed E-state index contributed by atoms with van der Waals surface area (Å²) < 4.78 is 1.18. The summed E-state index contributed by atoms with van der Waals surface area (Å²) in [5.41, 5.74) is 3.15. The first-order valence-electron chi connectivity index (χ1n) is 6.94. The fraction of sp³-hybridized carbons (Fsp3) is 0.250. The molecule has 3 rings (SSSR count). The van der Waals surface area contributed by atoms with Gasteiger partial charge in [-0.2, -0.15) is 0 Å². The Morgan fingerprint density at radius 2 is 1.95 bits per heavy atom. The molecule has 1 unspecified atom stereocenters. The molecular weight excluding hydrogens is 346 g/mol. The van der Waals surface area contributed by atoms with Crippen LogP contribution in [0, 0.1) is 0 Å². The maximum Gasteiger partial charge on any atom is 0.0890 e. The Balaban J connectivity index is 1.90. The second-order valence-electron chi connectivity index (χ2n) is 4.82. The van der Waals surface area contributed by atoms with Gasteiger partial charge in [0, 0.05) is 29.7 Å². The van der Waals surface area contributed by atoms with Crippen LogP contribution in [-0.2, 0) is 6.42 Å². The van der Waals surface area contributed by atoms with Crippen LogP contribution in [-0.4, -0.2) is 16.5 Å². The van der Waals surface area contributed by atoms with E-state index in [-0.39, 0.29) is 0 Å². The van der Waals surface area contributed by atoms with Crippen molar-refractivity contribution in [2.45, 2.75) is 19.4 Å². The van der Waals surface area contributed by atoms with E-state index >= 15 is 0 Å². The van der Waals surface area contributed by atoms with Crippen molar-refractivity contribution in [2.24, 2.45) is 0 Å². The number of hydrogen-bond acceptors (Lipinski definition) is 4. The molecule has 2 heterocycles. The topological polar surface area (TPSA) is 37.8 Å². The standard InChI is InChI=1S/C16H16BrN3S/c1-2-18-14(10-12-4-6-16(17)21-12)11-3-5-13-15(9-11)20-8-7-19-13/h3-9,14,18H,2,10H2,1H3. The quantitative estimate of drug-likeness (QED) is 0.733. The van der Waals surface area contributed by atoms with E-state index in [4.69, 9.17) is 0 Å². The molecule has 1 N–H and O–H groups in total. The predicted octanol–water partition coefficient (Wildman–Crippen LogP) is 4.35. The van der Waals surface area contributed by atoms with Gasteiger partial charge in [-0.15, -0.1) is 11.3 Å². The minimum absolute atomic E-state index is 0.298. The molecule has 1 atom stereocenters. The largest absolute Gasteiger partial charge is 0.310 e. The van der Waals surface area contributed by atoms with Gasteiger partial charge in [0.1, 0.15) is 0 Å². The summed E-state index contributed by atoms with van der Waals surface area (Å²) >= 11 is 5.32. The SMILES string of the molecule is CCNC(Cc1ccc(Br)s1)c1ccc2nccnc2c1. The average molecular weight is 362 g/mol. The van der Waals surface area contributed by atoms with E-state index < -0.39 is 0 Å². The Morgan fingerprint density at radius 1 is 1.14 bits per heavy atom. The van der Waals surface area contributed by atoms with E-state index in [1.54, 1.807) is 23.7 Å². The van der Waals surface area contributed by atoms with E-state index in [0.717, 1.165) is 24.0 Å². The number of aromatic nitrogens is 2. The van der Waals surface area contributed by atoms with Crippen LogP contribution in [0.1, 0.15) is 23.4 Å². The minimum Gasteiger partial charge on any atom is -0.310 e. The highest BCUT2D eigenvalue weighted by atomic mass is 79.9. The summed E-state index contributed by atoms with van der Waals surface area (Å²) in [7, 11) is 0. The summed E-state index contributed by atoms with van der Waals surface area (Å²) in [6.07, 6.45) is 4.45. The van der Waals surface area contributed by atoms with Gasteiger partial charge in [-0.05, 0) is 52.3 Å². The van der Waals surface area contributed by atoms with Gasteiger partial charge in [0.2, 0.25) is 0 Å². The lowest BCUT2D eigenvalue weighted by Crippen LogP contribution is -2.22. The summed E-state index contributed by atoms with van der Waals surface area (Å²) in [5, 5.41) is 3.56. The molecule has 0 fully saturated rings. The molecule has 0 radical (unpaired) electrons. The number of hydrogen-bond donors (Lipinski definition) is 1. The van der Waals surface area contributed by atoms with Crippen molar-refractivity contribution in [2.75, 3.05) is 6.54 Å². The first kappa shape index (κ1) is 14.6. The van der Waals surface area contributed by atoms with Crippen LogP contribution in [0.2, 0.25) is 0 Å². The molecule has 21 heavy (non-hydrogen) atoms. The monoisotopic (exact) mass is 361 g/mol. The van der Waals surface area contributed by atoms with E-state index in [1.807, 2.05) is 6.07 Å². The molecule has 2 aromatic heterocycles. The third kappa shape index (κ3) is 3.48. The van der Waals surface area contributed by atoms with Gasteiger partial charge < -0.3 is 5.32 Å². The van der Waals surface area contributed by atoms with Crippen LogP contribution in [0.5, 0.6) is 0 Å². The Bertz CT molecular complexity index is 741. The predicted molar refractivity (Wildman–Crippen MR) is 91.7 cm³/mol. The van der Waals surface area contributed by atoms with Gasteiger partial charge >= 0.3 is 0 Å². The zero-order valence-corrected chi connectivity index (χ0v) is 14.1. The van der Waals surface area contributed by atoms with E-state index in [0.29, 0.717) is 6.04 Å². The molecule has 0 aliphatic carbocycles. The Kier molecular flexibility index (Phi) is 4.63. The van der Waals surface area contributed by atoms with Gasteiger partial charge in [0.15, 0.2) is 0 Å². The lowest BCUT2D eigenvalue weighted by Gasteiger charge is -2.18. The van der Waals surface area contributed by atoms with Crippen LogP contribution in [0.25, 0.3) is 11.0 Å². The first-order chi connectivity index (χ1) is 10.3. The molecule has 108 valence electrons. The summed E-state index contributed by atoms with van der Waals surface area (Å²) in [6.45, 7) is 3.08. The van der Waals surface area contributed by atoms with Gasteiger partial charge in [0.25, 0.3) is 0 Å². The number of thiophene rings is 1. The van der Waals surface area contributed by atoms with Crippen LogP contribution in [0.3, 0.4) is 0 Å². The summed E-state index contributed by atoms with van der Waals surface area (Å²) in [6, 6.07) is 10.9. The normalized spacial score (nSPS) is 12.7. The van der Waals surface area contributed by atoms with E-state index in [9.17, 15) is 0 Å². The van der Waals surface area contributed by atoms with Crippen molar-refractivity contribution >= 4 is 38.3 Å². The molecule has 0 bridgehead atoms. The van der Waals surface area contributed by atoms with Crippen LogP contribution >= 0.6 is 27.3 Å². The second kappa shape index (κ2) is 6.64. The molecule has 0 saturated carbocycles. The molecule has 0 spiro atoms. The van der Waals surface area contributed by atoms with Crippen LogP contribution in [0.4, 0.5) is 0 Å². The van der Waals surface area contributed by atoms with Crippen molar-refractivity contribution in [1.82, 2.24) is 15.3 Å². The van der Waals surface area contributed by atoms with Crippen molar-refractivity contribution in [3.8, 4) is 0 Å². The maximum atomic E-state index is 4.40. The number of fused-ring (bicyclic) bond motifs is 1. The lowest BCUT2D eigenvalue weighted by molar-refractivity contribution is 0.554. The highest BCUT2D eigenvalue weighted by Crippen LogP contribution is 2.27. The zero-order valence-electron chi connectivity index (χ0n) is 11.7. The van der Waals surface area contributed by atoms with Crippen molar-refractivity contribution in [3.63, 3.8) is 0 Å². The molecule has 3 nitrogen and oxygen atoms in total. The zero-order chi connectivity index (χ0) is 14.7. The molecule has 0 aliphatic rings. The number of benzene rings is 1. The first-order valence-corrected chi connectivity index (χ1v) is 8.55. The molecule has 5 heteroatoms. The highest BCUT2D eigenvalue weighted by molar-refractivity contribution is 9.11. The van der Waals surface area contributed by atoms with Gasteiger partial charge in [-0.3, -0.25) is 9.97 Å². The maximum absolute atomic E-state index is 4.40. The molecule has 0 saturated heterocycles. The number of nitrogens with zero attached hydrogens (tertiary/aromatic N) is 2. The smallest absolute Gasteiger partial charge is 0.0890 e. The second-order valence-corrected chi connectivity index (χ2v) is 7.37.